The van der Waals surface area contributed by atoms with Crippen LogP contribution in [0.4, 0.5) is 4.79 Å². The van der Waals surface area contributed by atoms with Crippen LogP contribution in [0, 0.1) is 6.92 Å². The number of carbonyl (C=O) groups excluding carboxylic acids is 3. The summed E-state index contributed by atoms with van der Waals surface area (Å²) >= 11 is 0. The Bertz CT molecular complexity index is 1060. The minimum Gasteiger partial charge on any atom is -0.497 e. The fourth-order valence-corrected chi connectivity index (χ4v) is 3.67. The molecule has 0 spiro atoms. The van der Waals surface area contributed by atoms with E-state index >= 15 is 0 Å². The topological polar surface area (TPSA) is 97.0 Å². The zero-order valence-corrected chi connectivity index (χ0v) is 17.3. The summed E-state index contributed by atoms with van der Waals surface area (Å²) in [6.07, 6.45) is 0. The molecule has 0 radical (unpaired) electrons. The number of rotatable bonds is 6. The van der Waals surface area contributed by atoms with Crippen molar-refractivity contribution in [3.8, 4) is 5.75 Å². The number of cyclic esters (lactones) is 1. The summed E-state index contributed by atoms with van der Waals surface area (Å²) in [6.45, 7) is 2.00. The Morgan fingerprint density at radius 3 is 2.74 bits per heavy atom. The molecule has 0 aromatic heterocycles. The Kier molecular flexibility index (Phi) is 5.62. The Labute approximate surface area is 179 Å². The summed E-state index contributed by atoms with van der Waals surface area (Å²) in [5, 5.41) is 5.62. The van der Waals surface area contributed by atoms with Crippen molar-refractivity contribution >= 4 is 17.9 Å². The number of methoxy groups -OCH3 is 1. The largest absolute Gasteiger partial charge is 0.497 e. The summed E-state index contributed by atoms with van der Waals surface area (Å²) in [6, 6.07) is 13.9. The van der Waals surface area contributed by atoms with Crippen LogP contribution in [0.25, 0.3) is 0 Å². The van der Waals surface area contributed by atoms with E-state index in [1.54, 1.807) is 7.11 Å². The van der Waals surface area contributed by atoms with Gasteiger partial charge in [0.15, 0.2) is 0 Å². The van der Waals surface area contributed by atoms with Crippen molar-refractivity contribution in [1.29, 1.82) is 0 Å². The second-order valence-corrected chi connectivity index (χ2v) is 7.44. The van der Waals surface area contributed by atoms with E-state index in [4.69, 9.17) is 9.47 Å². The quantitative estimate of drug-likeness (QED) is 0.697. The zero-order chi connectivity index (χ0) is 22.0. The number of hydrogen-bond donors (Lipinski definition) is 2. The number of nitrogens with one attached hydrogen (secondary N) is 2. The lowest BCUT2D eigenvalue weighted by Gasteiger charge is -2.32. The first-order chi connectivity index (χ1) is 15.0. The van der Waals surface area contributed by atoms with Crippen molar-refractivity contribution in [1.82, 2.24) is 15.5 Å². The third-order valence-electron chi connectivity index (χ3n) is 5.33. The molecule has 2 heterocycles. The van der Waals surface area contributed by atoms with E-state index in [9.17, 15) is 14.4 Å². The SMILES string of the molecule is COc1cccc(CNC(=O)CN2C(=O)NC(c3ccc(C)cc3)C3=C2COC3=O)c1. The van der Waals surface area contributed by atoms with E-state index in [2.05, 4.69) is 10.6 Å². The van der Waals surface area contributed by atoms with Crippen LogP contribution in [-0.4, -0.2) is 43.1 Å². The molecular formula is C23H23N3O5. The van der Waals surface area contributed by atoms with Crippen LogP contribution in [0.5, 0.6) is 5.75 Å². The van der Waals surface area contributed by atoms with E-state index in [0.29, 0.717) is 23.6 Å². The van der Waals surface area contributed by atoms with Crippen molar-refractivity contribution in [2.24, 2.45) is 0 Å². The van der Waals surface area contributed by atoms with E-state index in [1.807, 2.05) is 55.5 Å². The van der Waals surface area contributed by atoms with Crippen LogP contribution in [0.3, 0.4) is 0 Å². The first-order valence-corrected chi connectivity index (χ1v) is 9.90. The van der Waals surface area contributed by atoms with Crippen LogP contribution >= 0.6 is 0 Å². The summed E-state index contributed by atoms with van der Waals surface area (Å²) in [4.78, 5) is 39.0. The number of hydrogen-bond acceptors (Lipinski definition) is 5. The number of carbonyl (C=O) groups is 3. The van der Waals surface area contributed by atoms with Crippen molar-refractivity contribution < 1.29 is 23.9 Å². The van der Waals surface area contributed by atoms with Gasteiger partial charge in [-0.3, -0.25) is 9.69 Å². The lowest BCUT2D eigenvalue weighted by molar-refractivity contribution is -0.136. The van der Waals surface area contributed by atoms with E-state index < -0.39 is 18.0 Å². The molecule has 0 bridgehead atoms. The molecule has 8 nitrogen and oxygen atoms in total. The molecule has 1 unspecified atom stereocenters. The van der Waals surface area contributed by atoms with E-state index in [0.717, 1.165) is 16.7 Å². The molecule has 160 valence electrons. The Morgan fingerprint density at radius 1 is 1.23 bits per heavy atom. The highest BCUT2D eigenvalue weighted by Crippen LogP contribution is 2.34. The van der Waals surface area contributed by atoms with E-state index in [1.165, 1.54) is 4.90 Å². The molecule has 0 fully saturated rings. The van der Waals surface area contributed by atoms with Gasteiger partial charge in [0.25, 0.3) is 0 Å². The fourth-order valence-electron chi connectivity index (χ4n) is 3.67. The average molecular weight is 421 g/mol. The average Bonchev–Trinajstić information content (AvgIpc) is 3.16. The number of ether oxygens (including phenoxy) is 2. The lowest BCUT2D eigenvalue weighted by atomic mass is 9.95. The van der Waals surface area contributed by atoms with Crippen molar-refractivity contribution in [2.75, 3.05) is 20.3 Å². The number of esters is 1. The predicted molar refractivity (Wildman–Crippen MR) is 112 cm³/mol. The first kappa shape index (κ1) is 20.5. The van der Waals surface area contributed by atoms with Gasteiger partial charge >= 0.3 is 12.0 Å². The summed E-state index contributed by atoms with van der Waals surface area (Å²) in [7, 11) is 1.58. The smallest absolute Gasteiger partial charge is 0.338 e. The van der Waals surface area contributed by atoms with Crippen LogP contribution in [0.15, 0.2) is 59.8 Å². The third kappa shape index (κ3) is 4.23. The zero-order valence-electron chi connectivity index (χ0n) is 17.3. The highest BCUT2D eigenvalue weighted by Gasteiger charge is 2.42. The van der Waals surface area contributed by atoms with Crippen molar-refractivity contribution in [3.63, 3.8) is 0 Å². The van der Waals surface area contributed by atoms with Gasteiger partial charge in [-0.25, -0.2) is 9.59 Å². The van der Waals surface area contributed by atoms with E-state index in [-0.39, 0.29) is 19.1 Å². The molecule has 3 amide bonds. The monoisotopic (exact) mass is 421 g/mol. The highest BCUT2D eigenvalue weighted by molar-refractivity contribution is 5.98. The van der Waals surface area contributed by atoms with Crippen LogP contribution in [-0.2, 0) is 20.9 Å². The summed E-state index contributed by atoms with van der Waals surface area (Å²) in [5.41, 5.74) is 3.52. The molecule has 2 aromatic carbocycles. The van der Waals surface area contributed by atoms with Gasteiger partial charge < -0.3 is 20.1 Å². The van der Waals surface area contributed by atoms with Crippen LogP contribution in [0.2, 0.25) is 0 Å². The van der Waals surface area contributed by atoms with Crippen LogP contribution < -0.4 is 15.4 Å². The number of urea groups is 1. The molecule has 2 aromatic rings. The van der Waals surface area contributed by atoms with Crippen LogP contribution in [0.1, 0.15) is 22.7 Å². The molecule has 8 heteroatoms. The maximum absolute atomic E-state index is 12.8. The molecule has 0 saturated carbocycles. The van der Waals surface area contributed by atoms with Gasteiger partial charge in [0.2, 0.25) is 5.91 Å². The molecule has 2 aliphatic heterocycles. The van der Waals surface area contributed by atoms with Gasteiger partial charge in [-0.1, -0.05) is 42.0 Å². The van der Waals surface area contributed by atoms with Crippen molar-refractivity contribution in [2.45, 2.75) is 19.5 Å². The molecule has 31 heavy (non-hydrogen) atoms. The molecule has 2 aliphatic rings. The second-order valence-electron chi connectivity index (χ2n) is 7.44. The molecule has 4 rings (SSSR count). The lowest BCUT2D eigenvalue weighted by Crippen LogP contribution is -2.50. The number of amides is 3. The van der Waals surface area contributed by atoms with Gasteiger partial charge in [-0.05, 0) is 30.2 Å². The minimum absolute atomic E-state index is 0.0346. The number of benzene rings is 2. The minimum atomic E-state index is -0.603. The molecule has 0 aliphatic carbocycles. The van der Waals surface area contributed by atoms with Gasteiger partial charge in [-0.2, -0.15) is 0 Å². The maximum Gasteiger partial charge on any atom is 0.338 e. The predicted octanol–water partition coefficient (Wildman–Crippen LogP) is 2.20. The standard InChI is InChI=1S/C23H23N3O5/c1-14-6-8-16(9-7-14)21-20-18(13-31-22(20)28)26(23(29)25-21)12-19(27)24-11-15-4-3-5-17(10-15)30-2/h3-10,21H,11-13H2,1-2H3,(H,24,27)(H,25,29). The molecular weight excluding hydrogens is 398 g/mol. The summed E-state index contributed by atoms with van der Waals surface area (Å²) < 4.78 is 10.4. The molecule has 1 atom stereocenters. The fraction of sp³-hybridized carbons (Fsp3) is 0.261. The molecule has 2 N–H and O–H groups in total. The third-order valence-corrected chi connectivity index (χ3v) is 5.33. The van der Waals surface area contributed by atoms with Crippen molar-refractivity contribution in [3.05, 3.63) is 76.5 Å². The number of nitrogens with zero attached hydrogens (tertiary/aromatic N) is 1. The normalized spacial score (nSPS) is 17.7. The Balaban J connectivity index is 1.50. The van der Waals surface area contributed by atoms with Gasteiger partial charge in [-0.15, -0.1) is 0 Å². The highest BCUT2D eigenvalue weighted by atomic mass is 16.5. The Hall–Kier alpha value is -3.81. The first-order valence-electron chi connectivity index (χ1n) is 9.90. The Morgan fingerprint density at radius 2 is 2.00 bits per heavy atom. The number of aryl methyl sites for hydroxylation is 1. The molecule has 0 saturated heterocycles. The summed E-state index contributed by atoms with van der Waals surface area (Å²) in [5.74, 6) is -0.138. The van der Waals surface area contributed by atoms with Gasteiger partial charge in [0, 0.05) is 6.54 Å². The van der Waals surface area contributed by atoms with Gasteiger partial charge in [0.1, 0.15) is 18.9 Å². The maximum atomic E-state index is 12.8. The van der Waals surface area contributed by atoms with Gasteiger partial charge in [0.05, 0.1) is 24.4 Å². The second kappa shape index (κ2) is 8.51.